The molecule has 0 unspecified atom stereocenters. The second kappa shape index (κ2) is 17.5. The van der Waals surface area contributed by atoms with Gasteiger partial charge in [-0.15, -0.1) is 0 Å². The minimum Gasteiger partial charge on any atom is -0.437 e. The molecule has 4 aromatic rings. The third-order valence-electron chi connectivity index (χ3n) is 5.89. The molecule has 19 heteroatoms. The van der Waals surface area contributed by atoms with Gasteiger partial charge in [0.25, 0.3) is 0 Å². The van der Waals surface area contributed by atoms with E-state index in [1.54, 1.807) is 44.7 Å². The van der Waals surface area contributed by atoms with Crippen LogP contribution in [0, 0.1) is 25.5 Å². The molecule has 0 spiro atoms. The van der Waals surface area contributed by atoms with Crippen LogP contribution in [0.25, 0.3) is 0 Å². The zero-order valence-corrected chi connectivity index (χ0v) is 27.8. The van der Waals surface area contributed by atoms with Gasteiger partial charge in [-0.1, -0.05) is 34.8 Å². The summed E-state index contributed by atoms with van der Waals surface area (Å²) in [5, 5.41) is 22.5. The van der Waals surface area contributed by atoms with Gasteiger partial charge in [0.1, 0.15) is 22.6 Å². The Bertz CT molecular complexity index is 1700. The van der Waals surface area contributed by atoms with E-state index in [4.69, 9.17) is 34.8 Å². The number of anilines is 5. The first-order chi connectivity index (χ1) is 22.2. The molecule has 0 aliphatic carbocycles. The van der Waals surface area contributed by atoms with Crippen molar-refractivity contribution in [3.63, 3.8) is 0 Å². The number of hydrogen-bond acceptors (Lipinski definition) is 9. The number of benzene rings is 2. The molecular formula is C28H30BCl3F2N10O3. The molecule has 2 aromatic carbocycles. The van der Waals surface area contributed by atoms with Crippen LogP contribution in [0.15, 0.2) is 48.5 Å². The third-order valence-corrected chi connectivity index (χ3v) is 6.66. The van der Waals surface area contributed by atoms with Gasteiger partial charge in [-0.05, 0) is 70.2 Å². The van der Waals surface area contributed by atoms with Crippen LogP contribution in [0.1, 0.15) is 11.4 Å². The molecular weight excluding hydrogens is 680 g/mol. The maximum absolute atomic E-state index is 13.2. The van der Waals surface area contributed by atoms with Crippen molar-refractivity contribution in [2.24, 2.45) is 0 Å². The Balaban J connectivity index is 0.000000267. The number of carbonyl (C=O) groups is 2. The van der Waals surface area contributed by atoms with Crippen molar-refractivity contribution in [1.82, 2.24) is 24.7 Å². The van der Waals surface area contributed by atoms with Gasteiger partial charge < -0.3 is 25.8 Å². The van der Waals surface area contributed by atoms with Gasteiger partial charge in [-0.2, -0.15) is 4.98 Å². The zero-order chi connectivity index (χ0) is 34.7. The molecule has 2 heterocycles. The topological polar surface area (TPSA) is 169 Å². The Morgan fingerprint density at radius 1 is 0.787 bits per heavy atom. The second-order valence-corrected chi connectivity index (χ2v) is 11.0. The number of nitrogens with one attached hydrogen (secondary N) is 5. The van der Waals surface area contributed by atoms with E-state index in [1.165, 1.54) is 24.3 Å². The van der Waals surface area contributed by atoms with E-state index >= 15 is 0 Å². The van der Waals surface area contributed by atoms with Crippen molar-refractivity contribution in [2.45, 2.75) is 20.7 Å². The van der Waals surface area contributed by atoms with E-state index in [-0.39, 0.29) is 27.1 Å². The van der Waals surface area contributed by atoms with Gasteiger partial charge in [0.15, 0.2) is 0 Å². The molecule has 0 radical (unpaired) electrons. The Hall–Kier alpha value is -4.35. The summed E-state index contributed by atoms with van der Waals surface area (Å²) in [5.41, 5.74) is 1.96. The number of nitrogens with zero attached hydrogens (tertiary/aromatic N) is 5. The maximum atomic E-state index is 13.2. The molecule has 13 nitrogen and oxygen atoms in total. The fraction of sp³-hybridized carbons (Fsp3) is 0.214. The highest BCUT2D eigenvalue weighted by Crippen LogP contribution is 2.21. The molecule has 47 heavy (non-hydrogen) atoms. The number of halogens is 5. The van der Waals surface area contributed by atoms with E-state index < -0.39 is 30.7 Å². The summed E-state index contributed by atoms with van der Waals surface area (Å²) in [6.07, 6.45) is 0. The van der Waals surface area contributed by atoms with Crippen LogP contribution in [0.2, 0.25) is 22.0 Å². The van der Waals surface area contributed by atoms with E-state index in [0.29, 0.717) is 41.7 Å². The third kappa shape index (κ3) is 12.8. The molecule has 0 atom stereocenters. The molecule has 0 saturated heterocycles. The fourth-order valence-electron chi connectivity index (χ4n) is 3.52. The van der Waals surface area contributed by atoms with Crippen LogP contribution >= 0.6 is 34.8 Å². The van der Waals surface area contributed by atoms with Crippen LogP contribution in [0.4, 0.5) is 47.5 Å². The Morgan fingerprint density at radius 3 is 1.74 bits per heavy atom. The van der Waals surface area contributed by atoms with Crippen LogP contribution in [0.3, 0.4) is 0 Å². The average Bonchev–Trinajstić information content (AvgIpc) is 2.96. The standard InChI is InChI=1S/C16H21BClFN6O2.C12H9Cl2FN4O/c1-10-8-14(20-6-7-25(3)17(2)27)23-15(21-10)24-16(26)22-11-4-5-13(19)12(18)9-11;1-6-4-10(14)18-11(16-6)19-12(20)17-7-2-3-9(15)8(13)5-7/h4-5,8-9,27H,6-7H2,1-3H3,(H3,20,21,22,23,24,26);2-5H,1H3,(H2,16,17,18,19,20). The lowest BCUT2D eigenvalue weighted by molar-refractivity contribution is 0.261. The predicted octanol–water partition coefficient (Wildman–Crippen LogP) is 6.55. The van der Waals surface area contributed by atoms with E-state index in [1.807, 2.05) is 0 Å². The molecule has 0 saturated carbocycles. The highest BCUT2D eigenvalue weighted by Gasteiger charge is 2.12. The first-order valence-corrected chi connectivity index (χ1v) is 14.9. The summed E-state index contributed by atoms with van der Waals surface area (Å²) in [6.45, 7) is 6.34. The maximum Gasteiger partial charge on any atom is 0.376 e. The molecule has 6 N–H and O–H groups in total. The largest absolute Gasteiger partial charge is 0.437 e. The van der Waals surface area contributed by atoms with Crippen molar-refractivity contribution in [2.75, 3.05) is 46.7 Å². The number of aromatic nitrogens is 4. The highest BCUT2D eigenvalue weighted by atomic mass is 35.5. The van der Waals surface area contributed by atoms with Crippen molar-refractivity contribution in [3.8, 4) is 0 Å². The average molecular weight is 710 g/mol. The molecule has 248 valence electrons. The Kier molecular flexibility index (Phi) is 13.8. The fourth-order valence-corrected chi connectivity index (χ4v) is 4.12. The lowest BCUT2D eigenvalue weighted by Gasteiger charge is -2.17. The van der Waals surface area contributed by atoms with Crippen LogP contribution in [-0.4, -0.2) is 69.0 Å². The number of aryl methyl sites for hydroxylation is 2. The number of likely N-dealkylation sites (N-methyl/N-ethyl adjacent to an activating group) is 1. The number of amides is 4. The van der Waals surface area contributed by atoms with Gasteiger partial charge in [-0.3, -0.25) is 10.6 Å². The number of urea groups is 2. The first-order valence-electron chi connectivity index (χ1n) is 13.7. The lowest BCUT2D eigenvalue weighted by atomic mass is 9.86. The van der Waals surface area contributed by atoms with E-state index in [2.05, 4.69) is 46.5 Å². The Morgan fingerprint density at radius 2 is 1.28 bits per heavy atom. The molecule has 0 aliphatic heterocycles. The van der Waals surface area contributed by atoms with Gasteiger partial charge >= 0.3 is 19.1 Å². The van der Waals surface area contributed by atoms with Gasteiger partial charge in [0.2, 0.25) is 11.9 Å². The molecule has 2 aromatic heterocycles. The molecule has 4 amide bonds. The summed E-state index contributed by atoms with van der Waals surface area (Å²) in [5.74, 6) is -0.401. The van der Waals surface area contributed by atoms with Gasteiger partial charge in [0.05, 0.1) is 10.0 Å². The lowest BCUT2D eigenvalue weighted by Crippen LogP contribution is -2.36. The first kappa shape index (κ1) is 37.1. The second-order valence-electron chi connectivity index (χ2n) is 9.83. The summed E-state index contributed by atoms with van der Waals surface area (Å²) in [4.78, 5) is 41.8. The molecule has 0 bridgehead atoms. The molecule has 4 rings (SSSR count). The van der Waals surface area contributed by atoms with Crippen molar-refractivity contribution in [3.05, 3.63) is 86.8 Å². The highest BCUT2D eigenvalue weighted by molar-refractivity contribution is 6.45. The van der Waals surface area contributed by atoms with E-state index in [0.717, 1.165) is 12.1 Å². The van der Waals surface area contributed by atoms with Crippen LogP contribution in [0.5, 0.6) is 0 Å². The minimum atomic E-state index is -0.589. The normalized spacial score (nSPS) is 10.4. The summed E-state index contributed by atoms with van der Waals surface area (Å²) in [6, 6.07) is 9.81. The smallest absolute Gasteiger partial charge is 0.376 e. The van der Waals surface area contributed by atoms with Crippen molar-refractivity contribution in [1.29, 1.82) is 0 Å². The van der Waals surface area contributed by atoms with Crippen LogP contribution in [-0.2, 0) is 0 Å². The number of carbonyl (C=O) groups excluding carboxylic acids is 2. The molecule has 0 aliphatic rings. The zero-order valence-electron chi connectivity index (χ0n) is 25.5. The van der Waals surface area contributed by atoms with Crippen molar-refractivity contribution >= 4 is 83.0 Å². The summed E-state index contributed by atoms with van der Waals surface area (Å²) in [7, 11) is 1.26. The number of rotatable bonds is 9. The summed E-state index contributed by atoms with van der Waals surface area (Å²) < 4.78 is 26.1. The van der Waals surface area contributed by atoms with Gasteiger partial charge in [0, 0.05) is 41.9 Å². The van der Waals surface area contributed by atoms with E-state index in [9.17, 15) is 23.4 Å². The minimum absolute atomic E-state index is 0.0701. The monoisotopic (exact) mass is 708 g/mol. The van der Waals surface area contributed by atoms with Crippen molar-refractivity contribution < 1.29 is 23.4 Å². The number of hydrogen-bond donors (Lipinski definition) is 6. The SMILES string of the molecule is CB(O)N(C)CCNc1cc(C)nc(NC(=O)Nc2ccc(F)c(Cl)c2)n1.Cc1cc(Cl)nc(NC(=O)Nc2ccc(F)c(Cl)c2)n1. The quantitative estimate of drug-likeness (QED) is 0.0834. The van der Waals surface area contributed by atoms with Gasteiger partial charge in [-0.25, -0.2) is 33.3 Å². The predicted molar refractivity (Wildman–Crippen MR) is 182 cm³/mol. The summed E-state index contributed by atoms with van der Waals surface area (Å²) >= 11 is 17.1. The Labute approximate surface area is 284 Å². The van der Waals surface area contributed by atoms with Crippen LogP contribution < -0.4 is 26.6 Å². The molecule has 0 fully saturated rings.